The largest absolute Gasteiger partial charge is 0.507 e. The summed E-state index contributed by atoms with van der Waals surface area (Å²) in [7, 11) is 0. The van der Waals surface area contributed by atoms with Crippen molar-refractivity contribution >= 4 is 5.91 Å². The number of aromatic nitrogens is 2. The van der Waals surface area contributed by atoms with Crippen LogP contribution in [0.5, 0.6) is 5.75 Å². The molecule has 1 amide bonds. The number of carbonyl (C=O) groups excluding carboxylic acids is 1. The van der Waals surface area contributed by atoms with E-state index < -0.39 is 0 Å². The van der Waals surface area contributed by atoms with Crippen LogP contribution in [-0.4, -0.2) is 26.7 Å². The van der Waals surface area contributed by atoms with Gasteiger partial charge in [-0.15, -0.1) is 0 Å². The van der Waals surface area contributed by atoms with E-state index in [1.165, 1.54) is 11.1 Å². The van der Waals surface area contributed by atoms with Crippen LogP contribution in [0.25, 0.3) is 11.3 Å². The Balaban J connectivity index is 1.49. The third kappa shape index (κ3) is 3.20. The van der Waals surface area contributed by atoms with E-state index in [1.54, 1.807) is 24.3 Å². The minimum Gasteiger partial charge on any atom is -0.507 e. The zero-order valence-corrected chi connectivity index (χ0v) is 14.6. The molecule has 2 aromatic carbocycles. The number of phenolic OH excluding ortho intramolecular Hbond substituents is 1. The number of aromatic hydroxyl groups is 1. The number of rotatable bonds is 5. The van der Waals surface area contributed by atoms with Gasteiger partial charge in [-0.1, -0.05) is 36.4 Å². The standard InChI is InChI=1S/C21H21N3O2/c1-14-6-2-3-7-15(14)13-21(10-11-21)22-20(26)18-12-17(23-24-18)16-8-4-5-9-19(16)25/h2-9,12,25H,10-11,13H2,1H3,(H,22,26)(H,23,24). The van der Waals surface area contributed by atoms with Crippen LogP contribution in [0.2, 0.25) is 0 Å². The summed E-state index contributed by atoms with van der Waals surface area (Å²) in [5, 5.41) is 20.1. The molecule has 1 aromatic heterocycles. The quantitative estimate of drug-likeness (QED) is 0.660. The molecule has 1 fully saturated rings. The topological polar surface area (TPSA) is 78.0 Å². The van der Waals surface area contributed by atoms with E-state index in [0.29, 0.717) is 17.0 Å². The van der Waals surface area contributed by atoms with Crippen LogP contribution in [0.15, 0.2) is 54.6 Å². The lowest BCUT2D eigenvalue weighted by Gasteiger charge is -2.18. The summed E-state index contributed by atoms with van der Waals surface area (Å²) >= 11 is 0. The van der Waals surface area contributed by atoms with Gasteiger partial charge in [-0.2, -0.15) is 5.10 Å². The maximum Gasteiger partial charge on any atom is 0.269 e. The number of carbonyl (C=O) groups is 1. The van der Waals surface area contributed by atoms with E-state index in [2.05, 4.69) is 34.6 Å². The van der Waals surface area contributed by atoms with Crippen LogP contribution >= 0.6 is 0 Å². The minimum absolute atomic E-state index is 0.143. The Bertz CT molecular complexity index is 957. The summed E-state index contributed by atoms with van der Waals surface area (Å²) in [6, 6.07) is 16.9. The van der Waals surface area contributed by atoms with E-state index in [4.69, 9.17) is 0 Å². The highest BCUT2D eigenvalue weighted by molar-refractivity contribution is 5.94. The average molecular weight is 347 g/mol. The van der Waals surface area contributed by atoms with Gasteiger partial charge in [0, 0.05) is 11.1 Å². The third-order valence-corrected chi connectivity index (χ3v) is 5.02. The van der Waals surface area contributed by atoms with Gasteiger partial charge >= 0.3 is 0 Å². The number of nitrogens with zero attached hydrogens (tertiary/aromatic N) is 1. The maximum atomic E-state index is 12.7. The van der Waals surface area contributed by atoms with Crippen LogP contribution in [-0.2, 0) is 6.42 Å². The molecule has 132 valence electrons. The molecule has 0 atom stereocenters. The molecule has 26 heavy (non-hydrogen) atoms. The lowest BCUT2D eigenvalue weighted by Crippen LogP contribution is -2.38. The third-order valence-electron chi connectivity index (χ3n) is 5.02. The molecule has 4 rings (SSSR count). The molecule has 5 nitrogen and oxygen atoms in total. The molecule has 5 heteroatoms. The Kier molecular flexibility index (Phi) is 3.99. The van der Waals surface area contributed by atoms with Crippen molar-refractivity contribution in [1.82, 2.24) is 15.5 Å². The number of aryl methyl sites for hydroxylation is 1. The second-order valence-corrected chi connectivity index (χ2v) is 7.02. The number of phenols is 1. The second-order valence-electron chi connectivity index (χ2n) is 7.02. The van der Waals surface area contributed by atoms with Crippen molar-refractivity contribution in [3.8, 4) is 17.0 Å². The number of hydrogen-bond acceptors (Lipinski definition) is 3. The SMILES string of the molecule is Cc1ccccc1CC1(NC(=O)c2cc(-c3ccccc3O)n[nH]2)CC1. The number of H-pyrrole nitrogens is 1. The lowest BCUT2D eigenvalue weighted by molar-refractivity contribution is 0.0926. The molecule has 1 heterocycles. The molecule has 3 N–H and O–H groups in total. The van der Waals surface area contributed by atoms with E-state index >= 15 is 0 Å². The molecular formula is C21H21N3O2. The molecule has 0 unspecified atom stereocenters. The van der Waals surface area contributed by atoms with Crippen molar-refractivity contribution in [3.63, 3.8) is 0 Å². The molecular weight excluding hydrogens is 326 g/mol. The van der Waals surface area contributed by atoms with Gasteiger partial charge < -0.3 is 10.4 Å². The fraction of sp³-hybridized carbons (Fsp3) is 0.238. The summed E-state index contributed by atoms with van der Waals surface area (Å²) < 4.78 is 0. The predicted octanol–water partition coefficient (Wildman–Crippen LogP) is 3.60. The van der Waals surface area contributed by atoms with Gasteiger partial charge in [0.25, 0.3) is 5.91 Å². The molecule has 1 aliphatic carbocycles. The summed E-state index contributed by atoms with van der Waals surface area (Å²) in [6.45, 7) is 2.10. The zero-order valence-electron chi connectivity index (χ0n) is 14.6. The van der Waals surface area contributed by atoms with Gasteiger partial charge in [0.1, 0.15) is 11.4 Å². The Hall–Kier alpha value is -3.08. The van der Waals surface area contributed by atoms with Crippen LogP contribution in [0.3, 0.4) is 0 Å². The van der Waals surface area contributed by atoms with Gasteiger partial charge in [0.15, 0.2) is 0 Å². The summed E-state index contributed by atoms with van der Waals surface area (Å²) in [5.74, 6) is -0.0190. The van der Waals surface area contributed by atoms with Crippen molar-refractivity contribution in [2.75, 3.05) is 0 Å². The molecule has 0 aliphatic heterocycles. The highest BCUT2D eigenvalue weighted by Gasteiger charge is 2.44. The number of nitrogens with one attached hydrogen (secondary N) is 2. The number of hydrogen-bond donors (Lipinski definition) is 3. The smallest absolute Gasteiger partial charge is 0.269 e. The van der Waals surface area contributed by atoms with Gasteiger partial charge in [0.2, 0.25) is 0 Å². The van der Waals surface area contributed by atoms with Crippen molar-refractivity contribution in [2.45, 2.75) is 31.7 Å². The monoisotopic (exact) mass is 347 g/mol. The molecule has 0 radical (unpaired) electrons. The fourth-order valence-electron chi connectivity index (χ4n) is 3.24. The van der Waals surface area contributed by atoms with E-state index in [0.717, 1.165) is 19.3 Å². The van der Waals surface area contributed by atoms with E-state index in [1.807, 2.05) is 18.2 Å². The molecule has 0 spiro atoms. The normalized spacial score (nSPS) is 14.8. The molecule has 3 aromatic rings. The Morgan fingerprint density at radius 2 is 1.92 bits per heavy atom. The minimum atomic E-state index is -0.163. The summed E-state index contributed by atoms with van der Waals surface area (Å²) in [6.07, 6.45) is 2.80. The van der Waals surface area contributed by atoms with Crippen molar-refractivity contribution in [1.29, 1.82) is 0 Å². The van der Waals surface area contributed by atoms with E-state index in [9.17, 15) is 9.90 Å². The van der Waals surface area contributed by atoms with Crippen LogP contribution in [0, 0.1) is 6.92 Å². The first-order valence-corrected chi connectivity index (χ1v) is 8.77. The van der Waals surface area contributed by atoms with Crippen molar-refractivity contribution in [3.05, 3.63) is 71.4 Å². The first-order chi connectivity index (χ1) is 12.6. The van der Waals surface area contributed by atoms with Crippen LogP contribution in [0.1, 0.15) is 34.5 Å². The van der Waals surface area contributed by atoms with E-state index in [-0.39, 0.29) is 17.2 Å². The molecule has 1 aliphatic rings. The first-order valence-electron chi connectivity index (χ1n) is 8.77. The second kappa shape index (κ2) is 6.33. The number of amides is 1. The first kappa shape index (κ1) is 16.4. The van der Waals surface area contributed by atoms with Crippen LogP contribution in [0.4, 0.5) is 0 Å². The number of aromatic amines is 1. The zero-order chi connectivity index (χ0) is 18.1. The number of para-hydroxylation sites is 1. The molecule has 0 bridgehead atoms. The Morgan fingerprint density at radius 3 is 2.65 bits per heavy atom. The van der Waals surface area contributed by atoms with Gasteiger partial charge in [-0.25, -0.2) is 0 Å². The van der Waals surface area contributed by atoms with Crippen molar-refractivity contribution in [2.24, 2.45) is 0 Å². The fourth-order valence-corrected chi connectivity index (χ4v) is 3.24. The summed E-state index contributed by atoms with van der Waals surface area (Å²) in [5.41, 5.74) is 3.91. The van der Waals surface area contributed by atoms with Gasteiger partial charge in [-0.3, -0.25) is 9.89 Å². The van der Waals surface area contributed by atoms with Crippen LogP contribution < -0.4 is 5.32 Å². The Morgan fingerprint density at radius 1 is 1.19 bits per heavy atom. The molecule has 0 saturated heterocycles. The summed E-state index contributed by atoms with van der Waals surface area (Å²) in [4.78, 5) is 12.7. The predicted molar refractivity (Wildman–Crippen MR) is 100 cm³/mol. The van der Waals surface area contributed by atoms with Crippen molar-refractivity contribution < 1.29 is 9.90 Å². The average Bonchev–Trinajstić information content (AvgIpc) is 3.19. The number of benzene rings is 2. The highest BCUT2D eigenvalue weighted by atomic mass is 16.3. The lowest BCUT2D eigenvalue weighted by atomic mass is 9.99. The molecule has 1 saturated carbocycles. The maximum absolute atomic E-state index is 12.7. The van der Waals surface area contributed by atoms with Gasteiger partial charge in [0.05, 0.1) is 5.69 Å². The Labute approximate surface area is 152 Å². The highest BCUT2D eigenvalue weighted by Crippen LogP contribution is 2.39. The van der Waals surface area contributed by atoms with Gasteiger partial charge in [-0.05, 0) is 55.5 Å².